The number of nitrogens with zero attached hydrogens (tertiary/aromatic N) is 5. The van der Waals surface area contributed by atoms with Crippen LogP contribution in [0.15, 0.2) is 30.7 Å². The Morgan fingerprint density at radius 3 is 2.96 bits per heavy atom. The van der Waals surface area contributed by atoms with Gasteiger partial charge >= 0.3 is 0 Å². The zero-order valence-electron chi connectivity index (χ0n) is 13.9. The lowest BCUT2D eigenvalue weighted by Gasteiger charge is -2.26. The van der Waals surface area contributed by atoms with Crippen LogP contribution in [0.2, 0.25) is 0 Å². The van der Waals surface area contributed by atoms with Gasteiger partial charge in [0.2, 0.25) is 5.88 Å². The van der Waals surface area contributed by atoms with Crippen molar-refractivity contribution in [2.24, 2.45) is 0 Å². The normalized spacial score (nSPS) is 18.1. The van der Waals surface area contributed by atoms with E-state index in [2.05, 4.69) is 31.8 Å². The lowest BCUT2D eigenvalue weighted by molar-refractivity contribution is 0.324. The number of methoxy groups -OCH3 is 1. The molecule has 1 aliphatic rings. The second-order valence-electron chi connectivity index (χ2n) is 6.01. The summed E-state index contributed by atoms with van der Waals surface area (Å²) in [6.45, 7) is 5.04. The largest absolute Gasteiger partial charge is 0.481 e. The molecular formula is C17H23N5O. The van der Waals surface area contributed by atoms with Crippen LogP contribution in [0.25, 0.3) is 0 Å². The number of hydrogen-bond acceptors (Lipinski definition) is 6. The maximum atomic E-state index is 5.20. The van der Waals surface area contributed by atoms with Gasteiger partial charge in [-0.05, 0) is 25.0 Å². The van der Waals surface area contributed by atoms with E-state index >= 15 is 0 Å². The molecule has 1 fully saturated rings. The van der Waals surface area contributed by atoms with Crippen LogP contribution in [0, 0.1) is 6.92 Å². The fourth-order valence-electron chi connectivity index (χ4n) is 3.01. The first-order valence-electron chi connectivity index (χ1n) is 7.88. The summed E-state index contributed by atoms with van der Waals surface area (Å²) in [6, 6.07) is 6.57. The van der Waals surface area contributed by atoms with Gasteiger partial charge in [-0.2, -0.15) is 0 Å². The number of likely N-dealkylation sites (tertiary alicyclic amines) is 1. The highest BCUT2D eigenvalue weighted by Crippen LogP contribution is 2.22. The van der Waals surface area contributed by atoms with Gasteiger partial charge < -0.3 is 9.64 Å². The number of pyridine rings is 1. The van der Waals surface area contributed by atoms with Gasteiger partial charge in [-0.1, -0.05) is 0 Å². The first kappa shape index (κ1) is 15.7. The number of likely N-dealkylation sites (N-methyl/N-ethyl adjacent to an activating group) is 1. The number of rotatable bonds is 5. The van der Waals surface area contributed by atoms with Crippen LogP contribution < -0.4 is 9.64 Å². The maximum absolute atomic E-state index is 5.20. The number of aromatic nitrogens is 3. The van der Waals surface area contributed by atoms with Crippen molar-refractivity contribution in [3.63, 3.8) is 0 Å². The van der Waals surface area contributed by atoms with E-state index in [1.54, 1.807) is 19.6 Å². The third kappa shape index (κ3) is 3.76. The first-order valence-corrected chi connectivity index (χ1v) is 7.88. The fraction of sp³-hybridized carbons (Fsp3) is 0.471. The van der Waals surface area contributed by atoms with E-state index in [4.69, 9.17) is 4.74 Å². The summed E-state index contributed by atoms with van der Waals surface area (Å²) in [5, 5.41) is 0. The Morgan fingerprint density at radius 2 is 2.17 bits per heavy atom. The van der Waals surface area contributed by atoms with E-state index in [0.29, 0.717) is 11.9 Å². The van der Waals surface area contributed by atoms with Gasteiger partial charge in [0.15, 0.2) is 0 Å². The van der Waals surface area contributed by atoms with Crippen molar-refractivity contribution in [1.82, 2.24) is 19.9 Å². The zero-order chi connectivity index (χ0) is 16.2. The molecule has 0 saturated carbocycles. The summed E-state index contributed by atoms with van der Waals surface area (Å²) < 4.78 is 5.20. The van der Waals surface area contributed by atoms with Gasteiger partial charge in [0, 0.05) is 56.7 Å². The van der Waals surface area contributed by atoms with Crippen LogP contribution in [0.4, 0.5) is 5.82 Å². The Labute approximate surface area is 137 Å². The predicted octanol–water partition coefficient (Wildman–Crippen LogP) is 1.90. The molecule has 0 spiro atoms. The Kier molecular flexibility index (Phi) is 4.71. The number of anilines is 1. The van der Waals surface area contributed by atoms with Crippen LogP contribution in [0.3, 0.4) is 0 Å². The molecule has 1 aliphatic heterocycles. The average molecular weight is 313 g/mol. The van der Waals surface area contributed by atoms with Crippen LogP contribution in [0.5, 0.6) is 5.88 Å². The molecule has 3 rings (SSSR count). The van der Waals surface area contributed by atoms with Gasteiger partial charge in [0.05, 0.1) is 7.11 Å². The Hall–Kier alpha value is -2.21. The second kappa shape index (κ2) is 6.91. The molecule has 0 N–H and O–H groups in total. The third-order valence-electron chi connectivity index (χ3n) is 4.36. The van der Waals surface area contributed by atoms with E-state index < -0.39 is 0 Å². The number of aryl methyl sites for hydroxylation is 1. The van der Waals surface area contributed by atoms with Gasteiger partial charge in [-0.15, -0.1) is 0 Å². The Bertz CT molecular complexity index is 663. The standard InChI is InChI=1S/C17H23N5O/c1-13-8-16(20-12-19-13)21(2)15-5-7-22(11-15)10-14-4-6-18-17(9-14)23-3/h4,6,8-9,12,15H,5,7,10-11H2,1-3H3. The molecule has 2 aromatic heterocycles. The molecule has 23 heavy (non-hydrogen) atoms. The molecule has 0 amide bonds. The SMILES string of the molecule is COc1cc(CN2CCC(N(C)c3cc(C)ncn3)C2)ccn1. The average Bonchev–Trinajstić information content (AvgIpc) is 3.03. The highest BCUT2D eigenvalue weighted by Gasteiger charge is 2.26. The summed E-state index contributed by atoms with van der Waals surface area (Å²) in [7, 11) is 3.77. The first-order chi connectivity index (χ1) is 11.2. The van der Waals surface area contributed by atoms with Gasteiger partial charge in [-0.3, -0.25) is 4.90 Å². The maximum Gasteiger partial charge on any atom is 0.213 e. The molecule has 122 valence electrons. The van der Waals surface area contributed by atoms with Crippen molar-refractivity contribution in [2.45, 2.75) is 25.9 Å². The minimum Gasteiger partial charge on any atom is -0.481 e. The number of hydrogen-bond donors (Lipinski definition) is 0. The van der Waals surface area contributed by atoms with Gasteiger partial charge in [-0.25, -0.2) is 15.0 Å². The molecule has 2 aromatic rings. The molecule has 0 aliphatic carbocycles. The van der Waals surface area contributed by atoms with Crippen LogP contribution in [-0.2, 0) is 6.54 Å². The summed E-state index contributed by atoms with van der Waals surface area (Å²) in [5.41, 5.74) is 2.23. The van der Waals surface area contributed by atoms with Gasteiger partial charge in [0.25, 0.3) is 0 Å². The molecule has 6 heteroatoms. The molecule has 1 saturated heterocycles. The van der Waals surface area contributed by atoms with Crippen LogP contribution in [0.1, 0.15) is 17.7 Å². The Morgan fingerprint density at radius 1 is 1.30 bits per heavy atom. The topological polar surface area (TPSA) is 54.4 Å². The second-order valence-corrected chi connectivity index (χ2v) is 6.01. The van der Waals surface area contributed by atoms with E-state index in [9.17, 15) is 0 Å². The van der Waals surface area contributed by atoms with E-state index in [-0.39, 0.29) is 0 Å². The quantitative estimate of drug-likeness (QED) is 0.840. The molecular weight excluding hydrogens is 290 g/mol. The van der Waals surface area contributed by atoms with Gasteiger partial charge in [0.1, 0.15) is 12.1 Å². The molecule has 1 atom stereocenters. The van der Waals surface area contributed by atoms with E-state index in [1.165, 1.54) is 5.56 Å². The minimum atomic E-state index is 0.480. The van der Waals surface area contributed by atoms with Crippen molar-refractivity contribution in [3.8, 4) is 5.88 Å². The van der Waals surface area contributed by atoms with E-state index in [1.807, 2.05) is 25.1 Å². The summed E-state index contributed by atoms with van der Waals surface area (Å²) in [4.78, 5) is 17.4. The summed E-state index contributed by atoms with van der Waals surface area (Å²) in [5.74, 6) is 1.67. The lowest BCUT2D eigenvalue weighted by atomic mass is 10.2. The van der Waals surface area contributed by atoms with Crippen molar-refractivity contribution < 1.29 is 4.74 Å². The molecule has 1 unspecified atom stereocenters. The molecule has 0 aromatic carbocycles. The Balaban J connectivity index is 1.61. The monoisotopic (exact) mass is 313 g/mol. The molecule has 0 radical (unpaired) electrons. The minimum absolute atomic E-state index is 0.480. The molecule has 6 nitrogen and oxygen atoms in total. The third-order valence-corrected chi connectivity index (χ3v) is 4.36. The highest BCUT2D eigenvalue weighted by molar-refractivity contribution is 5.39. The van der Waals surface area contributed by atoms with Crippen LogP contribution >= 0.6 is 0 Å². The fourth-order valence-corrected chi connectivity index (χ4v) is 3.01. The molecule has 0 bridgehead atoms. The smallest absolute Gasteiger partial charge is 0.213 e. The van der Waals surface area contributed by atoms with Crippen molar-refractivity contribution in [1.29, 1.82) is 0 Å². The van der Waals surface area contributed by atoms with Crippen molar-refractivity contribution in [2.75, 3.05) is 32.1 Å². The highest BCUT2D eigenvalue weighted by atomic mass is 16.5. The van der Waals surface area contributed by atoms with Crippen molar-refractivity contribution in [3.05, 3.63) is 42.0 Å². The summed E-state index contributed by atoms with van der Waals surface area (Å²) in [6.07, 6.45) is 4.58. The van der Waals surface area contributed by atoms with Crippen LogP contribution in [-0.4, -0.2) is 53.1 Å². The predicted molar refractivity (Wildman–Crippen MR) is 89.6 cm³/mol. The zero-order valence-corrected chi connectivity index (χ0v) is 13.9. The van der Waals surface area contributed by atoms with E-state index in [0.717, 1.165) is 37.6 Å². The summed E-state index contributed by atoms with van der Waals surface area (Å²) >= 11 is 0. The number of ether oxygens (including phenoxy) is 1. The molecule has 3 heterocycles. The van der Waals surface area contributed by atoms with Crippen molar-refractivity contribution >= 4 is 5.82 Å². The lowest BCUT2D eigenvalue weighted by Crippen LogP contribution is -2.35.